The molecule has 2 unspecified atom stereocenters. The van der Waals surface area contributed by atoms with Crippen molar-refractivity contribution in [3.8, 4) is 0 Å². The van der Waals surface area contributed by atoms with Crippen molar-refractivity contribution in [3.05, 3.63) is 53.6 Å². The van der Waals surface area contributed by atoms with Crippen molar-refractivity contribution in [1.29, 1.82) is 0 Å². The van der Waals surface area contributed by atoms with E-state index in [0.29, 0.717) is 36.8 Å². The summed E-state index contributed by atoms with van der Waals surface area (Å²) < 4.78 is 0. The maximum Gasteiger partial charge on any atom is 0.178 e. The van der Waals surface area contributed by atoms with Gasteiger partial charge in [-0.25, -0.2) is 0 Å². The van der Waals surface area contributed by atoms with E-state index in [4.69, 9.17) is 23.2 Å². The Morgan fingerprint density at radius 2 is 1.79 bits per heavy atom. The molecule has 0 aliphatic heterocycles. The second-order valence-corrected chi connectivity index (χ2v) is 13.8. The molecule has 0 bridgehead atoms. The Labute approximate surface area is 257 Å². The summed E-state index contributed by atoms with van der Waals surface area (Å²) >= 11 is 11.8. The van der Waals surface area contributed by atoms with E-state index in [-0.39, 0.29) is 36.4 Å². The molecule has 0 radical (unpaired) electrons. The molecule has 4 aliphatic rings. The van der Waals surface area contributed by atoms with Crippen LogP contribution in [0.5, 0.6) is 0 Å². The zero-order chi connectivity index (χ0) is 30.4. The number of hydrogen-bond donors (Lipinski definition) is 2. The van der Waals surface area contributed by atoms with Gasteiger partial charge in [0.05, 0.1) is 6.10 Å². The van der Waals surface area contributed by atoms with Crippen LogP contribution in [0, 0.1) is 28.6 Å². The Kier molecular flexibility index (Phi) is 8.72. The zero-order valence-corrected chi connectivity index (χ0v) is 25.7. The SMILES string of the molecule is C[C@]12C=CC(=O)C=C1CC[C@@H]1[C@@H]2C(O)C[C@@]2(C)[C@H]1CC[C@]2(O)C(=O)CC(C(=O)[O-])c1ccc(N(CCCl)CCCl)cc1. The number of ketones is 2. The number of carbonyl (C=O) groups is 3. The molecule has 9 heteroatoms. The van der Waals surface area contributed by atoms with Gasteiger partial charge in [-0.2, -0.15) is 0 Å². The van der Waals surface area contributed by atoms with Gasteiger partial charge < -0.3 is 25.0 Å². The largest absolute Gasteiger partial charge is 0.549 e. The maximum absolute atomic E-state index is 13.9. The quantitative estimate of drug-likeness (QED) is 0.384. The van der Waals surface area contributed by atoms with Crippen molar-refractivity contribution >= 4 is 46.4 Å². The van der Waals surface area contributed by atoms with Gasteiger partial charge >= 0.3 is 0 Å². The Bertz CT molecular complexity index is 1290. The predicted molar refractivity (Wildman–Crippen MR) is 160 cm³/mol. The number of carboxylic acid groups (broad SMARTS) is 1. The van der Waals surface area contributed by atoms with E-state index < -0.39 is 46.6 Å². The molecule has 228 valence electrons. The lowest BCUT2D eigenvalue weighted by Crippen LogP contribution is -2.61. The molecule has 1 aromatic carbocycles. The van der Waals surface area contributed by atoms with E-state index >= 15 is 0 Å². The molecular weight excluding hydrogens is 577 g/mol. The minimum absolute atomic E-state index is 0.0141. The van der Waals surface area contributed by atoms with E-state index in [0.717, 1.165) is 24.1 Å². The first-order chi connectivity index (χ1) is 19.9. The lowest BCUT2D eigenvalue weighted by atomic mass is 9.46. The van der Waals surface area contributed by atoms with Crippen molar-refractivity contribution in [1.82, 2.24) is 0 Å². The Morgan fingerprint density at radius 3 is 2.40 bits per heavy atom. The zero-order valence-electron chi connectivity index (χ0n) is 24.2. The number of benzene rings is 1. The topological polar surface area (TPSA) is 118 Å². The number of carboxylic acids is 1. The average Bonchev–Trinajstić information content (AvgIpc) is 3.22. The summed E-state index contributed by atoms with van der Waals surface area (Å²) in [4.78, 5) is 40.3. The van der Waals surface area contributed by atoms with E-state index in [1.807, 2.05) is 17.9 Å². The minimum Gasteiger partial charge on any atom is -0.549 e. The smallest absolute Gasteiger partial charge is 0.178 e. The first kappa shape index (κ1) is 31.2. The van der Waals surface area contributed by atoms with Crippen LogP contribution in [0.4, 0.5) is 5.69 Å². The number of alkyl halides is 2. The molecule has 0 saturated heterocycles. The normalized spacial score (nSPS) is 36.0. The fourth-order valence-electron chi connectivity index (χ4n) is 8.97. The summed E-state index contributed by atoms with van der Waals surface area (Å²) in [7, 11) is 0. The standard InChI is InChI=1S/C33H41Cl2NO6/c1-31-11-9-23(37)17-21(31)5-8-24-26-10-12-33(42,32(26,2)19-27(38)29(24)31)28(39)18-25(30(40)41)20-3-6-22(7-4-20)36(15-13-34)16-14-35/h3-4,6-7,9,11,17,24-27,29,38,42H,5,8,10,12-16,18-19H2,1-2H3,(H,40,41)/p-1/t24-,25?,26-,27?,29+,31-,32-,33-/m0/s1. The number of Topliss-reactive ketones (excluding diaryl/α,β-unsaturated/α-hetero) is 1. The molecule has 0 amide bonds. The molecule has 0 spiro atoms. The third kappa shape index (κ3) is 5.04. The molecule has 1 aromatic rings. The number of aliphatic carboxylic acids is 1. The second kappa shape index (κ2) is 11.7. The van der Waals surface area contributed by atoms with Crippen LogP contribution in [0.3, 0.4) is 0 Å². The van der Waals surface area contributed by atoms with Crippen LogP contribution in [-0.2, 0) is 14.4 Å². The molecule has 0 aromatic heterocycles. The number of hydrogen-bond acceptors (Lipinski definition) is 7. The van der Waals surface area contributed by atoms with Gasteiger partial charge in [0.25, 0.3) is 0 Å². The van der Waals surface area contributed by atoms with Gasteiger partial charge in [0, 0.05) is 65.6 Å². The number of allylic oxidation sites excluding steroid dienone is 4. The number of anilines is 1. The Balaban J connectivity index is 1.38. The fraction of sp³-hybridized carbons (Fsp3) is 0.606. The highest BCUT2D eigenvalue weighted by Gasteiger charge is 2.68. The van der Waals surface area contributed by atoms with E-state index in [2.05, 4.69) is 6.92 Å². The van der Waals surface area contributed by atoms with Gasteiger partial charge in [0.15, 0.2) is 11.6 Å². The molecule has 3 saturated carbocycles. The summed E-state index contributed by atoms with van der Waals surface area (Å²) in [5.74, 6) is -2.39. The van der Waals surface area contributed by atoms with Crippen molar-refractivity contribution in [2.75, 3.05) is 29.7 Å². The van der Waals surface area contributed by atoms with Crippen molar-refractivity contribution in [2.24, 2.45) is 28.6 Å². The third-order valence-corrected chi connectivity index (χ3v) is 11.5. The van der Waals surface area contributed by atoms with Crippen LogP contribution in [0.15, 0.2) is 48.1 Å². The summed E-state index contributed by atoms with van der Waals surface area (Å²) in [6.45, 7) is 5.14. The molecule has 3 fully saturated rings. The lowest BCUT2D eigenvalue weighted by Gasteiger charge is -2.59. The van der Waals surface area contributed by atoms with E-state index in [1.165, 1.54) is 0 Å². The highest BCUT2D eigenvalue weighted by atomic mass is 35.5. The summed E-state index contributed by atoms with van der Waals surface area (Å²) in [5, 5.41) is 36.0. The molecule has 0 heterocycles. The van der Waals surface area contributed by atoms with Gasteiger partial charge in [0.2, 0.25) is 0 Å². The van der Waals surface area contributed by atoms with Gasteiger partial charge in [-0.1, -0.05) is 37.6 Å². The second-order valence-electron chi connectivity index (χ2n) is 13.1. The number of nitrogens with zero attached hydrogens (tertiary/aromatic N) is 1. The first-order valence-electron chi connectivity index (χ1n) is 15.0. The maximum atomic E-state index is 13.9. The monoisotopic (exact) mass is 616 g/mol. The van der Waals surface area contributed by atoms with Crippen molar-refractivity contribution < 1.29 is 29.7 Å². The molecule has 7 nitrogen and oxygen atoms in total. The number of fused-ring (bicyclic) bond motifs is 5. The Hall–Kier alpha value is -2.19. The van der Waals surface area contributed by atoms with E-state index in [9.17, 15) is 29.7 Å². The van der Waals surface area contributed by atoms with Gasteiger partial charge in [-0.3, -0.25) is 9.59 Å². The fourth-order valence-corrected chi connectivity index (χ4v) is 9.38. The molecular formula is C33H40Cl2NO6-. The molecule has 8 atom stereocenters. The first-order valence-corrected chi connectivity index (χ1v) is 16.0. The van der Waals surface area contributed by atoms with Gasteiger partial charge in [-0.15, -0.1) is 23.2 Å². The Morgan fingerprint density at radius 1 is 1.12 bits per heavy atom. The van der Waals surface area contributed by atoms with Crippen LogP contribution in [0.25, 0.3) is 0 Å². The van der Waals surface area contributed by atoms with E-state index in [1.54, 1.807) is 36.4 Å². The highest BCUT2D eigenvalue weighted by Crippen LogP contribution is 2.67. The average molecular weight is 618 g/mol. The number of aliphatic hydroxyl groups excluding tert-OH is 1. The predicted octanol–water partition coefficient (Wildman–Crippen LogP) is 3.77. The minimum atomic E-state index is -1.76. The highest BCUT2D eigenvalue weighted by molar-refractivity contribution is 6.18. The van der Waals surface area contributed by atoms with Crippen molar-refractivity contribution in [3.63, 3.8) is 0 Å². The van der Waals surface area contributed by atoms with Crippen molar-refractivity contribution in [2.45, 2.75) is 70.0 Å². The molecule has 4 aliphatic carbocycles. The van der Waals surface area contributed by atoms with Crippen LogP contribution in [0.1, 0.15) is 63.9 Å². The third-order valence-electron chi connectivity index (χ3n) is 11.2. The lowest BCUT2D eigenvalue weighted by molar-refractivity contribution is -0.308. The molecule has 42 heavy (non-hydrogen) atoms. The molecule has 5 rings (SSSR count). The van der Waals surface area contributed by atoms with Crippen LogP contribution < -0.4 is 10.0 Å². The molecule has 2 N–H and O–H groups in total. The van der Waals surface area contributed by atoms with Crippen LogP contribution in [0.2, 0.25) is 0 Å². The summed E-state index contributed by atoms with van der Waals surface area (Å²) in [5.41, 5.74) is -0.800. The summed E-state index contributed by atoms with van der Waals surface area (Å²) in [6, 6.07) is 6.92. The number of rotatable bonds is 10. The van der Waals surface area contributed by atoms with Crippen LogP contribution in [-0.4, -0.2) is 64.3 Å². The van der Waals surface area contributed by atoms with Gasteiger partial charge in [0.1, 0.15) is 5.60 Å². The van der Waals surface area contributed by atoms with Crippen LogP contribution >= 0.6 is 23.2 Å². The number of halogens is 2. The number of aliphatic hydroxyl groups is 2. The van der Waals surface area contributed by atoms with Gasteiger partial charge in [-0.05, 0) is 73.8 Å². The summed E-state index contributed by atoms with van der Waals surface area (Å²) in [6.07, 6.45) is 6.61. The number of carbonyl (C=O) groups excluding carboxylic acids is 3.